The Kier molecular flexibility index (Phi) is 3.77. The molecule has 0 fully saturated rings. The first-order chi connectivity index (χ1) is 13.2. The second kappa shape index (κ2) is 5.94. The van der Waals surface area contributed by atoms with Crippen molar-refractivity contribution in [2.24, 2.45) is 0 Å². The molecular formula is C17H11F4N5O2. The molecule has 0 atom stereocenters. The van der Waals surface area contributed by atoms with Crippen LogP contribution in [-0.2, 0) is 0 Å². The summed E-state index contributed by atoms with van der Waals surface area (Å²) >= 11 is 0. The molecule has 0 saturated carbocycles. The molecule has 0 unspecified atom stereocenters. The number of aryl methyl sites for hydroxylation is 1. The Morgan fingerprint density at radius 3 is 2.64 bits per heavy atom. The van der Waals surface area contributed by atoms with Crippen LogP contribution in [0.5, 0.6) is 5.75 Å². The molecule has 11 heteroatoms. The number of pyridine rings is 2. The Morgan fingerprint density at radius 1 is 1.18 bits per heavy atom. The standard InChI is InChI=1S/C17H11F4N5O2/c1-6-14-12(10(5-23-6)28-17(19,20)21)11(13(22)16(27)25-14)7-2-3-9(18)15-8(7)4-24-26-15/h2-5H,22H2,1H3,(H,24,26)(H,25,27). The van der Waals surface area contributed by atoms with Gasteiger partial charge in [0, 0.05) is 10.9 Å². The highest BCUT2D eigenvalue weighted by Gasteiger charge is 2.33. The molecule has 0 aliphatic rings. The van der Waals surface area contributed by atoms with Crippen molar-refractivity contribution in [3.05, 3.63) is 46.4 Å². The van der Waals surface area contributed by atoms with E-state index in [1.165, 1.54) is 19.2 Å². The number of aromatic amines is 2. The second-order valence-electron chi connectivity index (χ2n) is 6.00. The molecule has 4 rings (SSSR count). The zero-order valence-corrected chi connectivity index (χ0v) is 14.1. The SMILES string of the molecule is Cc1ncc(OC(F)(F)F)c2c(-c3ccc(F)c4[nH]ncc34)c(N)c(=O)[nH]c12. The Morgan fingerprint density at radius 2 is 1.93 bits per heavy atom. The summed E-state index contributed by atoms with van der Waals surface area (Å²) in [7, 11) is 0. The predicted molar refractivity (Wildman–Crippen MR) is 93.2 cm³/mol. The second-order valence-corrected chi connectivity index (χ2v) is 6.00. The number of hydrogen-bond acceptors (Lipinski definition) is 5. The van der Waals surface area contributed by atoms with Gasteiger partial charge in [-0.15, -0.1) is 13.2 Å². The van der Waals surface area contributed by atoms with Crippen LogP contribution in [0.15, 0.2) is 29.3 Å². The lowest BCUT2D eigenvalue weighted by Crippen LogP contribution is -2.19. The number of anilines is 1. The topological polar surface area (TPSA) is 110 Å². The van der Waals surface area contributed by atoms with Gasteiger partial charge < -0.3 is 15.5 Å². The number of nitrogens with two attached hydrogens (primary N) is 1. The van der Waals surface area contributed by atoms with Crippen LogP contribution in [0.1, 0.15) is 5.69 Å². The van der Waals surface area contributed by atoms with E-state index in [4.69, 9.17) is 5.73 Å². The summed E-state index contributed by atoms with van der Waals surface area (Å²) < 4.78 is 56.9. The van der Waals surface area contributed by atoms with E-state index < -0.39 is 23.5 Å². The molecule has 0 aliphatic carbocycles. The van der Waals surface area contributed by atoms with Crippen molar-refractivity contribution < 1.29 is 22.3 Å². The number of alkyl halides is 3. The van der Waals surface area contributed by atoms with Crippen molar-refractivity contribution in [3.63, 3.8) is 0 Å². The number of halogens is 4. The fourth-order valence-corrected chi connectivity index (χ4v) is 3.12. The summed E-state index contributed by atoms with van der Waals surface area (Å²) in [6, 6.07) is 2.41. The highest BCUT2D eigenvalue weighted by molar-refractivity contribution is 6.10. The number of benzene rings is 1. The van der Waals surface area contributed by atoms with E-state index in [1.807, 2.05) is 0 Å². The van der Waals surface area contributed by atoms with E-state index in [2.05, 4.69) is 24.9 Å². The number of nitrogens with one attached hydrogen (secondary N) is 2. The maximum atomic E-state index is 14.0. The van der Waals surface area contributed by atoms with Gasteiger partial charge in [0.2, 0.25) is 0 Å². The maximum absolute atomic E-state index is 14.0. The largest absolute Gasteiger partial charge is 0.573 e. The average Bonchev–Trinajstić information content (AvgIpc) is 3.10. The number of aromatic nitrogens is 4. The highest BCUT2D eigenvalue weighted by Crippen LogP contribution is 2.41. The average molecular weight is 393 g/mol. The summed E-state index contributed by atoms with van der Waals surface area (Å²) in [5.74, 6) is -1.26. The fraction of sp³-hybridized carbons (Fsp3) is 0.118. The molecule has 0 aliphatic heterocycles. The summed E-state index contributed by atoms with van der Waals surface area (Å²) in [4.78, 5) is 18.6. The minimum Gasteiger partial charge on any atom is -0.403 e. The van der Waals surface area contributed by atoms with E-state index in [0.29, 0.717) is 0 Å². The van der Waals surface area contributed by atoms with Crippen LogP contribution < -0.4 is 16.0 Å². The third-order valence-electron chi connectivity index (χ3n) is 4.30. The van der Waals surface area contributed by atoms with E-state index >= 15 is 0 Å². The number of H-pyrrole nitrogens is 2. The molecule has 4 N–H and O–H groups in total. The molecule has 0 bridgehead atoms. The van der Waals surface area contributed by atoms with E-state index in [-0.39, 0.29) is 44.3 Å². The number of fused-ring (bicyclic) bond motifs is 2. The van der Waals surface area contributed by atoms with Crippen molar-refractivity contribution >= 4 is 27.5 Å². The molecule has 1 aromatic carbocycles. The van der Waals surface area contributed by atoms with Crippen LogP contribution in [0.2, 0.25) is 0 Å². The van der Waals surface area contributed by atoms with E-state index in [0.717, 1.165) is 12.3 Å². The molecular weight excluding hydrogens is 382 g/mol. The van der Waals surface area contributed by atoms with Gasteiger partial charge in [0.05, 0.1) is 29.0 Å². The molecule has 0 amide bonds. The van der Waals surface area contributed by atoms with Crippen LogP contribution >= 0.6 is 0 Å². The number of hydrogen-bond donors (Lipinski definition) is 3. The van der Waals surface area contributed by atoms with Gasteiger partial charge in [0.15, 0.2) is 5.75 Å². The Balaban J connectivity index is 2.20. The van der Waals surface area contributed by atoms with Crippen LogP contribution in [0.25, 0.3) is 32.9 Å². The van der Waals surface area contributed by atoms with Crippen LogP contribution in [-0.4, -0.2) is 26.5 Å². The minimum atomic E-state index is -5.00. The van der Waals surface area contributed by atoms with Gasteiger partial charge in [-0.1, -0.05) is 6.07 Å². The quantitative estimate of drug-likeness (QED) is 0.452. The molecule has 0 saturated heterocycles. The lowest BCUT2D eigenvalue weighted by molar-refractivity contribution is -0.274. The van der Waals surface area contributed by atoms with Gasteiger partial charge in [0.25, 0.3) is 5.56 Å². The Hall–Kier alpha value is -3.63. The lowest BCUT2D eigenvalue weighted by atomic mass is 9.96. The van der Waals surface area contributed by atoms with Crippen molar-refractivity contribution in [2.75, 3.05) is 5.73 Å². The van der Waals surface area contributed by atoms with Crippen LogP contribution in [0.3, 0.4) is 0 Å². The molecule has 0 spiro atoms. The molecule has 0 radical (unpaired) electrons. The van der Waals surface area contributed by atoms with Gasteiger partial charge in [-0.2, -0.15) is 5.10 Å². The predicted octanol–water partition coefficient (Wildman–Crippen LogP) is 3.39. The fourth-order valence-electron chi connectivity index (χ4n) is 3.12. The number of ether oxygens (including phenoxy) is 1. The lowest BCUT2D eigenvalue weighted by Gasteiger charge is -2.17. The first-order valence-electron chi connectivity index (χ1n) is 7.86. The van der Waals surface area contributed by atoms with Gasteiger partial charge in [-0.25, -0.2) is 4.39 Å². The third kappa shape index (κ3) is 2.71. The summed E-state index contributed by atoms with van der Waals surface area (Å²) in [5.41, 5.74) is 5.36. The van der Waals surface area contributed by atoms with Crippen molar-refractivity contribution in [1.82, 2.24) is 20.2 Å². The van der Waals surface area contributed by atoms with E-state index in [1.54, 1.807) is 0 Å². The van der Waals surface area contributed by atoms with Gasteiger partial charge in [-0.3, -0.25) is 14.9 Å². The molecule has 3 aromatic heterocycles. The molecule has 3 heterocycles. The molecule has 28 heavy (non-hydrogen) atoms. The minimum absolute atomic E-state index is 0.0226. The van der Waals surface area contributed by atoms with Gasteiger partial charge in [0.1, 0.15) is 17.0 Å². The maximum Gasteiger partial charge on any atom is 0.573 e. The summed E-state index contributed by atoms with van der Waals surface area (Å²) in [5, 5.41) is 6.37. The first kappa shape index (κ1) is 17.8. The van der Waals surface area contributed by atoms with Crippen LogP contribution in [0, 0.1) is 12.7 Å². The van der Waals surface area contributed by atoms with Gasteiger partial charge in [-0.05, 0) is 18.6 Å². The van der Waals surface area contributed by atoms with Crippen molar-refractivity contribution in [3.8, 4) is 16.9 Å². The molecule has 7 nitrogen and oxygen atoms in total. The third-order valence-corrected chi connectivity index (χ3v) is 4.30. The first-order valence-corrected chi connectivity index (χ1v) is 7.86. The smallest absolute Gasteiger partial charge is 0.403 e. The summed E-state index contributed by atoms with van der Waals surface area (Å²) in [6.45, 7) is 1.51. The summed E-state index contributed by atoms with van der Waals surface area (Å²) in [6.07, 6.45) is -2.82. The zero-order valence-electron chi connectivity index (χ0n) is 14.1. The number of nitrogen functional groups attached to an aromatic ring is 1. The monoisotopic (exact) mass is 393 g/mol. The van der Waals surface area contributed by atoms with Crippen molar-refractivity contribution in [1.29, 1.82) is 0 Å². The molecule has 4 aromatic rings. The molecule has 144 valence electrons. The normalized spacial score (nSPS) is 12.0. The zero-order chi connectivity index (χ0) is 20.2. The Labute approximate surface area is 153 Å². The van der Waals surface area contributed by atoms with E-state index in [9.17, 15) is 22.4 Å². The van der Waals surface area contributed by atoms with Crippen molar-refractivity contribution in [2.45, 2.75) is 13.3 Å². The number of rotatable bonds is 2. The van der Waals surface area contributed by atoms with Crippen LogP contribution in [0.4, 0.5) is 23.2 Å². The Bertz CT molecular complexity index is 1290. The highest BCUT2D eigenvalue weighted by atomic mass is 19.4. The number of nitrogens with zero attached hydrogens (tertiary/aromatic N) is 2. The van der Waals surface area contributed by atoms with Gasteiger partial charge >= 0.3 is 6.36 Å².